The molecule has 0 saturated heterocycles. The zero-order chi connectivity index (χ0) is 3.58. The van der Waals surface area contributed by atoms with E-state index in [2.05, 4.69) is 16.2 Å². The number of hydrogen-bond acceptors (Lipinski definition) is 0. The number of rotatable bonds is 0. The molecule has 0 aliphatic carbocycles. The standard InChI is InChI=1S/C2H9PSi/c1-2(3)4/h2H,3H2,1,4H3. The lowest BCUT2D eigenvalue weighted by atomic mass is 11.0. The fourth-order valence-corrected chi connectivity index (χ4v) is 0. The van der Waals surface area contributed by atoms with E-state index in [1.807, 2.05) is 0 Å². The van der Waals surface area contributed by atoms with Crippen LogP contribution in [0.2, 0.25) is 0 Å². The predicted molar refractivity (Wildman–Crippen MR) is 29.1 cm³/mol. The molecule has 0 bridgehead atoms. The fraction of sp³-hybridized carbons (Fsp3) is 1.00. The Kier molecular flexibility index (Phi) is 2.23. The van der Waals surface area contributed by atoms with Crippen molar-refractivity contribution in [3.8, 4) is 0 Å². The lowest BCUT2D eigenvalue weighted by Crippen LogP contribution is -1.80. The summed E-state index contributed by atoms with van der Waals surface area (Å²) < 4.78 is 0. The minimum Gasteiger partial charge on any atom is -0.138 e. The molecule has 0 saturated carbocycles. The summed E-state index contributed by atoms with van der Waals surface area (Å²) in [4.78, 5) is 0. The van der Waals surface area contributed by atoms with Crippen LogP contribution in [0.3, 0.4) is 0 Å². The third kappa shape index (κ3) is 17.2. The van der Waals surface area contributed by atoms with Crippen LogP contribution in [0.5, 0.6) is 0 Å². The molecule has 0 amide bonds. The predicted octanol–water partition coefficient (Wildman–Crippen LogP) is -0.427. The molecule has 0 spiro atoms. The van der Waals surface area contributed by atoms with Gasteiger partial charge in [-0.25, -0.2) is 0 Å². The van der Waals surface area contributed by atoms with Gasteiger partial charge in [-0.15, -0.1) is 9.24 Å². The van der Waals surface area contributed by atoms with Gasteiger partial charge in [0, 0.05) is 10.2 Å². The van der Waals surface area contributed by atoms with Gasteiger partial charge in [-0.2, -0.15) is 0 Å². The molecule has 0 rings (SSSR count). The molecular weight excluding hydrogens is 83.1 g/mol. The van der Waals surface area contributed by atoms with Crippen molar-refractivity contribution in [3.63, 3.8) is 0 Å². The Labute approximate surface area is 32.6 Å². The molecule has 0 fully saturated rings. The zero-order valence-electron chi connectivity index (χ0n) is 3.15. The normalized spacial score (nSPS) is 16.5. The molecule has 2 atom stereocenters. The van der Waals surface area contributed by atoms with E-state index < -0.39 is 0 Å². The monoisotopic (exact) mass is 92.0 g/mol. The highest BCUT2D eigenvalue weighted by Gasteiger charge is 1.68. The van der Waals surface area contributed by atoms with Gasteiger partial charge in [0.2, 0.25) is 0 Å². The van der Waals surface area contributed by atoms with Crippen LogP contribution in [0.4, 0.5) is 0 Å². The van der Waals surface area contributed by atoms with E-state index in [0.717, 1.165) is 5.28 Å². The van der Waals surface area contributed by atoms with E-state index >= 15 is 0 Å². The van der Waals surface area contributed by atoms with Crippen LogP contribution >= 0.6 is 9.24 Å². The topological polar surface area (TPSA) is 0 Å². The van der Waals surface area contributed by atoms with Crippen molar-refractivity contribution in [2.45, 2.75) is 12.2 Å². The molecule has 0 heterocycles. The van der Waals surface area contributed by atoms with E-state index in [1.165, 1.54) is 10.2 Å². The van der Waals surface area contributed by atoms with Gasteiger partial charge in [0.05, 0.1) is 0 Å². The van der Waals surface area contributed by atoms with E-state index in [0.29, 0.717) is 0 Å². The average molecular weight is 92.2 g/mol. The average Bonchev–Trinajstić information content (AvgIpc) is 0.811. The molecular formula is C2H9PSi. The summed E-state index contributed by atoms with van der Waals surface area (Å²) in [6, 6.07) is 0. The molecule has 26 valence electrons. The van der Waals surface area contributed by atoms with Crippen LogP contribution in [0, 0.1) is 0 Å². The summed E-state index contributed by atoms with van der Waals surface area (Å²) in [5.74, 6) is 0. The van der Waals surface area contributed by atoms with Crippen LogP contribution < -0.4 is 0 Å². The molecule has 2 unspecified atom stereocenters. The first-order valence-corrected chi connectivity index (χ1v) is 3.31. The van der Waals surface area contributed by atoms with E-state index in [4.69, 9.17) is 0 Å². The Balaban J connectivity index is 2.32. The molecule has 2 heteroatoms. The van der Waals surface area contributed by atoms with Gasteiger partial charge in [0.15, 0.2) is 0 Å². The lowest BCUT2D eigenvalue weighted by Gasteiger charge is -1.79. The summed E-state index contributed by atoms with van der Waals surface area (Å²) >= 11 is 0. The highest BCUT2D eigenvalue weighted by atomic mass is 31.0. The summed E-state index contributed by atoms with van der Waals surface area (Å²) in [6.07, 6.45) is 0. The van der Waals surface area contributed by atoms with E-state index in [9.17, 15) is 0 Å². The smallest absolute Gasteiger partial charge is 0.0112 e. The minimum absolute atomic E-state index is 0.889. The van der Waals surface area contributed by atoms with Crippen molar-refractivity contribution >= 4 is 19.5 Å². The molecule has 0 aliphatic heterocycles. The van der Waals surface area contributed by atoms with Crippen molar-refractivity contribution in [3.05, 3.63) is 0 Å². The third-order valence-electron chi connectivity index (χ3n) is 0. The molecule has 0 aliphatic rings. The van der Waals surface area contributed by atoms with Gasteiger partial charge in [-0.1, -0.05) is 6.92 Å². The van der Waals surface area contributed by atoms with Gasteiger partial charge in [0.25, 0.3) is 0 Å². The quantitative estimate of drug-likeness (QED) is 0.281. The summed E-state index contributed by atoms with van der Waals surface area (Å²) in [5, 5.41) is 0.889. The molecule has 4 heavy (non-hydrogen) atoms. The van der Waals surface area contributed by atoms with Crippen LogP contribution in [0.25, 0.3) is 0 Å². The first kappa shape index (κ1) is 4.65. The second-order valence-corrected chi connectivity index (χ2v) is 5.73. The highest BCUT2D eigenvalue weighted by molar-refractivity contribution is 7.20. The van der Waals surface area contributed by atoms with Gasteiger partial charge in [0.1, 0.15) is 0 Å². The van der Waals surface area contributed by atoms with Crippen LogP contribution in [-0.4, -0.2) is 15.5 Å². The Morgan fingerprint density at radius 1 is 2.00 bits per heavy atom. The largest absolute Gasteiger partial charge is 0.138 e. The Bertz CT molecular complexity index is 10.8. The summed E-state index contributed by atoms with van der Waals surface area (Å²) in [7, 11) is 4.03. The van der Waals surface area contributed by atoms with Crippen molar-refractivity contribution in [2.24, 2.45) is 0 Å². The molecule has 0 nitrogen and oxygen atoms in total. The maximum atomic E-state index is 2.72. The minimum atomic E-state index is 0.889. The van der Waals surface area contributed by atoms with E-state index in [1.54, 1.807) is 0 Å². The van der Waals surface area contributed by atoms with Crippen LogP contribution in [-0.2, 0) is 0 Å². The molecule has 0 radical (unpaired) electrons. The summed E-state index contributed by atoms with van der Waals surface area (Å²) in [6.45, 7) is 2.19. The lowest BCUT2D eigenvalue weighted by molar-refractivity contribution is 1.41. The second-order valence-electron chi connectivity index (χ2n) is 1.24. The Morgan fingerprint density at radius 3 is 2.00 bits per heavy atom. The molecule has 0 aromatic heterocycles. The van der Waals surface area contributed by atoms with E-state index in [-0.39, 0.29) is 0 Å². The SMILES string of the molecule is CC([SiH3])P. The fourth-order valence-electron chi connectivity index (χ4n) is 0. The van der Waals surface area contributed by atoms with Gasteiger partial charge < -0.3 is 0 Å². The maximum absolute atomic E-state index is 2.72. The highest BCUT2D eigenvalue weighted by Crippen LogP contribution is 1.85. The van der Waals surface area contributed by atoms with Crippen molar-refractivity contribution < 1.29 is 0 Å². The third-order valence-corrected chi connectivity index (χ3v) is 0. The van der Waals surface area contributed by atoms with Crippen molar-refractivity contribution in [2.75, 3.05) is 0 Å². The molecule has 0 aromatic carbocycles. The number of hydrogen-bond donors (Lipinski definition) is 0. The first-order chi connectivity index (χ1) is 1.73. The summed E-state index contributed by atoms with van der Waals surface area (Å²) in [5.41, 5.74) is 0. The van der Waals surface area contributed by atoms with Gasteiger partial charge >= 0.3 is 0 Å². The first-order valence-electron chi connectivity index (χ1n) is 1.49. The van der Waals surface area contributed by atoms with Crippen LogP contribution in [0.1, 0.15) is 6.92 Å². The molecule has 0 N–H and O–H groups in total. The van der Waals surface area contributed by atoms with Gasteiger partial charge in [-0.05, 0) is 5.28 Å². The maximum Gasteiger partial charge on any atom is 0.0112 e. The van der Waals surface area contributed by atoms with Crippen molar-refractivity contribution in [1.82, 2.24) is 0 Å². The van der Waals surface area contributed by atoms with Crippen LogP contribution in [0.15, 0.2) is 0 Å². The van der Waals surface area contributed by atoms with Gasteiger partial charge in [-0.3, -0.25) is 0 Å². The Hall–Kier alpha value is 0.647. The Morgan fingerprint density at radius 2 is 2.00 bits per heavy atom. The van der Waals surface area contributed by atoms with Crippen molar-refractivity contribution in [1.29, 1.82) is 0 Å². The zero-order valence-corrected chi connectivity index (χ0v) is 6.31. The second kappa shape index (κ2) is 1.92. The molecule has 0 aromatic rings.